The summed E-state index contributed by atoms with van der Waals surface area (Å²) in [7, 11) is 0. The van der Waals surface area contributed by atoms with E-state index in [2.05, 4.69) is 38.8 Å². The predicted molar refractivity (Wildman–Crippen MR) is 109 cm³/mol. The number of hydrogen-bond acceptors (Lipinski definition) is 5. The minimum Gasteiger partial charge on any atom is -0.370 e. The molecule has 0 spiro atoms. The van der Waals surface area contributed by atoms with Crippen molar-refractivity contribution in [2.75, 3.05) is 17.2 Å². The van der Waals surface area contributed by atoms with Crippen LogP contribution in [0.4, 0.5) is 11.5 Å². The van der Waals surface area contributed by atoms with Crippen LogP contribution in [0, 0.1) is 18.3 Å². The van der Waals surface area contributed by atoms with E-state index in [0.29, 0.717) is 22.9 Å². The molecule has 0 saturated heterocycles. The van der Waals surface area contributed by atoms with Gasteiger partial charge in [0.25, 0.3) is 5.91 Å². The Balaban J connectivity index is 1.60. The molecule has 0 aliphatic rings. The minimum atomic E-state index is -0.340. The van der Waals surface area contributed by atoms with Crippen molar-refractivity contribution in [1.82, 2.24) is 9.97 Å². The number of benzene rings is 2. The van der Waals surface area contributed by atoms with E-state index in [9.17, 15) is 4.79 Å². The Morgan fingerprint density at radius 3 is 2.68 bits per heavy atom. The lowest BCUT2D eigenvalue weighted by molar-refractivity contribution is 0.102. The Bertz CT molecular complexity index is 995. The van der Waals surface area contributed by atoms with Gasteiger partial charge in [0, 0.05) is 18.3 Å². The third-order valence-electron chi connectivity index (χ3n) is 4.11. The summed E-state index contributed by atoms with van der Waals surface area (Å²) in [6.45, 7) is 2.50. The van der Waals surface area contributed by atoms with Crippen molar-refractivity contribution in [2.45, 2.75) is 19.8 Å². The van der Waals surface area contributed by atoms with E-state index in [0.717, 1.165) is 19.4 Å². The molecule has 0 bridgehead atoms. The van der Waals surface area contributed by atoms with Gasteiger partial charge >= 0.3 is 0 Å². The maximum absolute atomic E-state index is 12.5. The maximum Gasteiger partial charge on any atom is 0.274 e. The zero-order valence-electron chi connectivity index (χ0n) is 15.6. The second-order valence-corrected chi connectivity index (χ2v) is 6.35. The van der Waals surface area contributed by atoms with Crippen molar-refractivity contribution in [3.05, 3.63) is 83.3 Å². The SMILES string of the molecule is Cc1nc(NCCCc2ccccc2)cc(C(=O)Nc2cccc(C#N)c2)n1. The second kappa shape index (κ2) is 9.28. The molecule has 3 rings (SSSR count). The lowest BCUT2D eigenvalue weighted by Crippen LogP contribution is -2.16. The van der Waals surface area contributed by atoms with Gasteiger partial charge in [0.1, 0.15) is 17.3 Å². The van der Waals surface area contributed by atoms with Gasteiger partial charge in [-0.1, -0.05) is 36.4 Å². The topological polar surface area (TPSA) is 90.7 Å². The highest BCUT2D eigenvalue weighted by Crippen LogP contribution is 2.13. The van der Waals surface area contributed by atoms with Gasteiger partial charge in [-0.25, -0.2) is 9.97 Å². The van der Waals surface area contributed by atoms with Gasteiger partial charge < -0.3 is 10.6 Å². The number of nitrogens with one attached hydrogen (secondary N) is 2. The van der Waals surface area contributed by atoms with Gasteiger partial charge in [0.2, 0.25) is 0 Å². The standard InChI is InChI=1S/C22H21N5O/c1-16-25-20(22(28)27-19-11-5-9-18(13-19)15-23)14-21(26-16)24-12-6-10-17-7-3-2-4-8-17/h2-5,7-9,11,13-14H,6,10,12H2,1H3,(H,27,28)(H,24,25,26). The molecule has 0 unspecified atom stereocenters. The zero-order valence-corrected chi connectivity index (χ0v) is 15.6. The third-order valence-corrected chi connectivity index (χ3v) is 4.11. The molecular formula is C22H21N5O. The van der Waals surface area contributed by atoms with E-state index in [1.54, 1.807) is 37.3 Å². The van der Waals surface area contributed by atoms with E-state index in [4.69, 9.17) is 5.26 Å². The normalized spacial score (nSPS) is 10.1. The van der Waals surface area contributed by atoms with Crippen molar-refractivity contribution in [1.29, 1.82) is 5.26 Å². The van der Waals surface area contributed by atoms with Crippen LogP contribution < -0.4 is 10.6 Å². The lowest BCUT2D eigenvalue weighted by Gasteiger charge is -2.09. The zero-order chi connectivity index (χ0) is 19.8. The number of amides is 1. The number of anilines is 2. The minimum absolute atomic E-state index is 0.278. The number of rotatable bonds is 7. The van der Waals surface area contributed by atoms with Crippen LogP contribution in [0.5, 0.6) is 0 Å². The molecule has 2 aromatic carbocycles. The fraction of sp³-hybridized carbons (Fsp3) is 0.182. The summed E-state index contributed by atoms with van der Waals surface area (Å²) in [5.41, 5.74) is 2.61. The molecule has 1 heterocycles. The first kappa shape index (κ1) is 19.1. The van der Waals surface area contributed by atoms with E-state index < -0.39 is 0 Å². The maximum atomic E-state index is 12.5. The van der Waals surface area contributed by atoms with Crippen molar-refractivity contribution < 1.29 is 4.79 Å². The van der Waals surface area contributed by atoms with Crippen LogP contribution in [-0.4, -0.2) is 22.4 Å². The van der Waals surface area contributed by atoms with Gasteiger partial charge in [0.15, 0.2) is 0 Å². The number of aryl methyl sites for hydroxylation is 2. The van der Waals surface area contributed by atoms with Crippen molar-refractivity contribution >= 4 is 17.4 Å². The summed E-state index contributed by atoms with van der Waals surface area (Å²) >= 11 is 0. The van der Waals surface area contributed by atoms with Crippen LogP contribution in [0.1, 0.15) is 33.9 Å². The number of nitrogens with zero attached hydrogens (tertiary/aromatic N) is 3. The first-order valence-corrected chi connectivity index (χ1v) is 9.09. The monoisotopic (exact) mass is 371 g/mol. The van der Waals surface area contributed by atoms with Crippen LogP contribution in [0.3, 0.4) is 0 Å². The van der Waals surface area contributed by atoms with Gasteiger partial charge in [-0.2, -0.15) is 5.26 Å². The van der Waals surface area contributed by atoms with Gasteiger partial charge in [-0.15, -0.1) is 0 Å². The smallest absolute Gasteiger partial charge is 0.274 e. The fourth-order valence-corrected chi connectivity index (χ4v) is 2.79. The highest BCUT2D eigenvalue weighted by atomic mass is 16.1. The van der Waals surface area contributed by atoms with Crippen LogP contribution in [-0.2, 0) is 6.42 Å². The molecule has 0 radical (unpaired) electrons. The molecule has 2 N–H and O–H groups in total. The van der Waals surface area contributed by atoms with Crippen LogP contribution in [0.25, 0.3) is 0 Å². The molecule has 3 aromatic rings. The fourth-order valence-electron chi connectivity index (χ4n) is 2.79. The molecule has 6 nitrogen and oxygen atoms in total. The first-order chi connectivity index (χ1) is 13.6. The molecule has 28 heavy (non-hydrogen) atoms. The van der Waals surface area contributed by atoms with E-state index in [-0.39, 0.29) is 11.6 Å². The molecule has 0 atom stereocenters. The summed E-state index contributed by atoms with van der Waals surface area (Å²) in [4.78, 5) is 21.1. The third kappa shape index (κ3) is 5.39. The number of nitriles is 1. The molecule has 0 fully saturated rings. The highest BCUT2D eigenvalue weighted by molar-refractivity contribution is 6.03. The number of aromatic nitrogens is 2. The summed E-state index contributed by atoms with van der Waals surface area (Å²) in [5, 5.41) is 15.0. The molecular weight excluding hydrogens is 350 g/mol. The molecule has 0 saturated carbocycles. The summed E-state index contributed by atoms with van der Waals surface area (Å²) in [6.07, 6.45) is 1.93. The number of hydrogen-bond donors (Lipinski definition) is 2. The van der Waals surface area contributed by atoms with Crippen molar-refractivity contribution in [2.24, 2.45) is 0 Å². The number of carbonyl (C=O) groups excluding carboxylic acids is 1. The van der Waals surface area contributed by atoms with Crippen LogP contribution in [0.2, 0.25) is 0 Å². The summed E-state index contributed by atoms with van der Waals surface area (Å²) < 4.78 is 0. The largest absolute Gasteiger partial charge is 0.370 e. The Morgan fingerprint density at radius 1 is 1.07 bits per heavy atom. The summed E-state index contributed by atoms with van der Waals surface area (Å²) in [5.74, 6) is 0.799. The van der Waals surface area contributed by atoms with Gasteiger partial charge in [-0.05, 0) is 43.5 Å². The van der Waals surface area contributed by atoms with Crippen LogP contribution in [0.15, 0.2) is 60.7 Å². The Kier molecular flexibility index (Phi) is 6.32. The van der Waals surface area contributed by atoms with Crippen molar-refractivity contribution in [3.8, 4) is 6.07 Å². The quantitative estimate of drug-likeness (QED) is 0.614. The van der Waals surface area contributed by atoms with E-state index in [1.807, 2.05) is 18.2 Å². The van der Waals surface area contributed by atoms with Gasteiger partial charge in [0.05, 0.1) is 11.6 Å². The number of carbonyl (C=O) groups is 1. The molecule has 0 aliphatic carbocycles. The van der Waals surface area contributed by atoms with E-state index in [1.165, 1.54) is 5.56 Å². The molecule has 1 amide bonds. The Morgan fingerprint density at radius 2 is 1.89 bits per heavy atom. The Labute approximate surface area is 164 Å². The van der Waals surface area contributed by atoms with Crippen molar-refractivity contribution in [3.63, 3.8) is 0 Å². The molecule has 140 valence electrons. The highest BCUT2D eigenvalue weighted by Gasteiger charge is 2.11. The van der Waals surface area contributed by atoms with Gasteiger partial charge in [-0.3, -0.25) is 4.79 Å². The molecule has 1 aromatic heterocycles. The van der Waals surface area contributed by atoms with Crippen LogP contribution >= 0.6 is 0 Å². The first-order valence-electron chi connectivity index (χ1n) is 9.09. The summed E-state index contributed by atoms with van der Waals surface area (Å²) in [6, 6.07) is 20.7. The predicted octanol–water partition coefficient (Wildman–Crippen LogP) is 3.95. The molecule has 0 aliphatic heterocycles. The lowest BCUT2D eigenvalue weighted by atomic mass is 10.1. The Hall–Kier alpha value is -3.72. The average Bonchev–Trinajstić information content (AvgIpc) is 2.72. The average molecular weight is 371 g/mol. The molecule has 6 heteroatoms. The van der Waals surface area contributed by atoms with E-state index >= 15 is 0 Å². The second-order valence-electron chi connectivity index (χ2n) is 6.35.